The van der Waals surface area contributed by atoms with Gasteiger partial charge >= 0.3 is 0 Å². The van der Waals surface area contributed by atoms with Crippen LogP contribution in [0.3, 0.4) is 0 Å². The van der Waals surface area contributed by atoms with Gasteiger partial charge in [-0.3, -0.25) is 0 Å². The molecule has 0 N–H and O–H groups in total. The summed E-state index contributed by atoms with van der Waals surface area (Å²) in [6, 6.07) is 26.8. The van der Waals surface area contributed by atoms with Crippen LogP contribution in [0.25, 0.3) is 38.7 Å². The zero-order valence-electron chi connectivity index (χ0n) is 13.8. The third-order valence-electron chi connectivity index (χ3n) is 5.17. The lowest BCUT2D eigenvalue weighted by Crippen LogP contribution is -1.96. The molecule has 0 heterocycles. The van der Waals surface area contributed by atoms with Crippen LogP contribution in [0, 0.1) is 0 Å². The predicted octanol–water partition coefficient (Wildman–Crippen LogP) is 7.38. The first kappa shape index (κ1) is 15.2. The first-order valence-electron chi connectivity index (χ1n) is 8.69. The van der Waals surface area contributed by atoms with Crippen molar-refractivity contribution in [2.24, 2.45) is 0 Å². The van der Waals surface area contributed by atoms with Gasteiger partial charge in [0, 0.05) is 0 Å². The van der Waals surface area contributed by atoms with E-state index < -0.39 is 0 Å². The molecule has 0 spiro atoms. The van der Waals surface area contributed by atoms with E-state index in [1.54, 1.807) is 0 Å². The molecule has 5 rings (SSSR count). The predicted molar refractivity (Wildman–Crippen MR) is 117 cm³/mol. The van der Waals surface area contributed by atoms with Crippen molar-refractivity contribution in [2.45, 2.75) is 12.8 Å². The van der Waals surface area contributed by atoms with Crippen molar-refractivity contribution in [1.82, 2.24) is 0 Å². The van der Waals surface area contributed by atoms with Gasteiger partial charge in [-0.05, 0) is 95.0 Å². The van der Waals surface area contributed by atoms with E-state index in [-0.39, 0.29) is 0 Å². The summed E-state index contributed by atoms with van der Waals surface area (Å²) in [5.41, 5.74) is 5.47. The Bertz CT molecular complexity index is 1150. The SMILES string of the molecule is IC1=Cc2ccc(-c3ccc4c(ccc5ccccc54)c3)cc2CC1. The highest BCUT2D eigenvalue weighted by Crippen LogP contribution is 2.33. The van der Waals surface area contributed by atoms with E-state index in [4.69, 9.17) is 0 Å². The summed E-state index contributed by atoms with van der Waals surface area (Å²) in [4.78, 5) is 0. The average Bonchev–Trinajstić information content (AvgIpc) is 2.67. The van der Waals surface area contributed by atoms with Gasteiger partial charge in [-0.25, -0.2) is 0 Å². The van der Waals surface area contributed by atoms with Crippen molar-refractivity contribution in [2.75, 3.05) is 0 Å². The minimum Gasteiger partial charge on any atom is -0.0616 e. The Morgan fingerprint density at radius 1 is 0.640 bits per heavy atom. The highest BCUT2D eigenvalue weighted by Gasteiger charge is 2.10. The van der Waals surface area contributed by atoms with Gasteiger partial charge in [0.15, 0.2) is 0 Å². The maximum atomic E-state index is 2.45. The minimum atomic E-state index is 1.15. The van der Waals surface area contributed by atoms with E-state index in [9.17, 15) is 0 Å². The lowest BCUT2D eigenvalue weighted by molar-refractivity contribution is 0.981. The van der Waals surface area contributed by atoms with E-state index >= 15 is 0 Å². The fraction of sp³-hybridized carbons (Fsp3) is 0.0833. The summed E-state index contributed by atoms with van der Waals surface area (Å²) in [5.74, 6) is 0. The van der Waals surface area contributed by atoms with E-state index in [0.29, 0.717) is 0 Å². The lowest BCUT2D eigenvalue weighted by Gasteiger charge is -2.15. The molecule has 4 aromatic carbocycles. The number of rotatable bonds is 1. The Hall–Kier alpha value is -2.13. The molecule has 0 nitrogen and oxygen atoms in total. The standard InChI is InChI=1S/C24H17I/c25-22-11-9-18-13-17(6-7-20(18)15-22)19-10-12-24-21(14-19)8-5-16-3-1-2-4-23(16)24/h1-8,10,12-15H,9,11H2. The van der Waals surface area contributed by atoms with E-state index in [1.165, 1.54) is 53.8 Å². The van der Waals surface area contributed by atoms with Gasteiger partial charge in [0.25, 0.3) is 0 Å². The molecule has 0 unspecified atom stereocenters. The van der Waals surface area contributed by atoms with Gasteiger partial charge in [0.05, 0.1) is 0 Å². The molecule has 0 bridgehead atoms. The molecule has 25 heavy (non-hydrogen) atoms. The quantitative estimate of drug-likeness (QED) is 0.217. The number of allylic oxidation sites excluding steroid dienone is 1. The molecule has 4 aromatic rings. The van der Waals surface area contributed by atoms with Gasteiger partial charge in [0.2, 0.25) is 0 Å². The van der Waals surface area contributed by atoms with E-state index in [1.807, 2.05) is 0 Å². The van der Waals surface area contributed by atoms with Crippen LogP contribution in [0.1, 0.15) is 17.5 Å². The number of fused-ring (bicyclic) bond motifs is 4. The molecule has 0 radical (unpaired) electrons. The van der Waals surface area contributed by atoms with Crippen molar-refractivity contribution in [1.29, 1.82) is 0 Å². The summed E-state index contributed by atoms with van der Waals surface area (Å²) in [7, 11) is 0. The molecule has 0 atom stereocenters. The number of aryl methyl sites for hydroxylation is 1. The summed E-state index contributed by atoms with van der Waals surface area (Å²) in [5, 5.41) is 5.27. The Morgan fingerprint density at radius 3 is 2.36 bits per heavy atom. The first-order chi connectivity index (χ1) is 12.3. The van der Waals surface area contributed by atoms with Gasteiger partial charge in [0.1, 0.15) is 0 Å². The van der Waals surface area contributed by atoms with Crippen LogP contribution in [-0.2, 0) is 6.42 Å². The molecular formula is C24H17I. The summed E-state index contributed by atoms with van der Waals surface area (Å²) in [6.45, 7) is 0. The van der Waals surface area contributed by atoms with Crippen molar-refractivity contribution in [3.63, 3.8) is 0 Å². The molecule has 120 valence electrons. The van der Waals surface area contributed by atoms with Crippen LogP contribution in [0.2, 0.25) is 0 Å². The zero-order valence-corrected chi connectivity index (χ0v) is 16.0. The van der Waals surface area contributed by atoms with E-state index in [2.05, 4.69) is 101 Å². The Kier molecular flexibility index (Phi) is 3.63. The Balaban J connectivity index is 1.65. The molecule has 0 saturated carbocycles. The van der Waals surface area contributed by atoms with Gasteiger partial charge < -0.3 is 0 Å². The minimum absolute atomic E-state index is 1.15. The fourth-order valence-corrected chi connectivity index (χ4v) is 4.44. The van der Waals surface area contributed by atoms with Crippen molar-refractivity contribution in [3.8, 4) is 11.1 Å². The molecule has 0 aliphatic heterocycles. The number of hydrogen-bond acceptors (Lipinski definition) is 0. The summed E-state index contributed by atoms with van der Waals surface area (Å²) < 4.78 is 1.45. The topological polar surface area (TPSA) is 0 Å². The van der Waals surface area contributed by atoms with Gasteiger partial charge in [-0.15, -0.1) is 0 Å². The number of benzene rings is 4. The third-order valence-corrected chi connectivity index (χ3v) is 6.02. The number of hydrogen-bond donors (Lipinski definition) is 0. The highest BCUT2D eigenvalue weighted by atomic mass is 127. The number of halogens is 1. The highest BCUT2D eigenvalue weighted by molar-refractivity contribution is 14.1. The maximum Gasteiger partial charge on any atom is -0.00847 e. The van der Waals surface area contributed by atoms with Crippen molar-refractivity contribution in [3.05, 3.63) is 87.5 Å². The maximum absolute atomic E-state index is 2.45. The fourth-order valence-electron chi connectivity index (χ4n) is 3.83. The average molecular weight is 432 g/mol. The summed E-state index contributed by atoms with van der Waals surface area (Å²) in [6.07, 6.45) is 4.63. The second-order valence-electron chi connectivity index (χ2n) is 6.73. The second kappa shape index (κ2) is 5.99. The zero-order chi connectivity index (χ0) is 16.8. The molecule has 0 fully saturated rings. The lowest BCUT2D eigenvalue weighted by atomic mass is 9.92. The van der Waals surface area contributed by atoms with Crippen molar-refractivity contribution < 1.29 is 0 Å². The Morgan fingerprint density at radius 2 is 1.40 bits per heavy atom. The molecule has 1 aliphatic rings. The Labute approximate surface area is 161 Å². The molecule has 1 heteroatoms. The van der Waals surface area contributed by atoms with Crippen LogP contribution in [0.5, 0.6) is 0 Å². The molecule has 0 amide bonds. The van der Waals surface area contributed by atoms with Crippen LogP contribution >= 0.6 is 22.6 Å². The van der Waals surface area contributed by atoms with Crippen LogP contribution in [-0.4, -0.2) is 0 Å². The van der Waals surface area contributed by atoms with Crippen LogP contribution in [0.15, 0.2) is 76.4 Å². The third kappa shape index (κ3) is 2.67. The first-order valence-corrected chi connectivity index (χ1v) is 9.77. The van der Waals surface area contributed by atoms with Crippen molar-refractivity contribution >= 4 is 50.2 Å². The molecule has 0 saturated heterocycles. The molecular weight excluding hydrogens is 415 g/mol. The van der Waals surface area contributed by atoms with Crippen LogP contribution in [0.4, 0.5) is 0 Å². The van der Waals surface area contributed by atoms with Crippen LogP contribution < -0.4 is 0 Å². The normalized spacial score (nSPS) is 13.7. The van der Waals surface area contributed by atoms with Gasteiger partial charge in [-0.1, -0.05) is 66.7 Å². The summed E-state index contributed by atoms with van der Waals surface area (Å²) >= 11 is 2.45. The molecule has 0 aromatic heterocycles. The molecule has 1 aliphatic carbocycles. The second-order valence-corrected chi connectivity index (χ2v) is 8.11. The van der Waals surface area contributed by atoms with E-state index in [0.717, 1.165) is 6.42 Å². The largest absolute Gasteiger partial charge is 0.0616 e. The van der Waals surface area contributed by atoms with Gasteiger partial charge in [-0.2, -0.15) is 0 Å². The monoisotopic (exact) mass is 432 g/mol. The smallest absolute Gasteiger partial charge is 0.00847 e.